The molecule has 0 aromatic heterocycles. The number of benzene rings is 1. The average molecular weight is 309 g/mol. The Morgan fingerprint density at radius 3 is 2.71 bits per heavy atom. The molecule has 2 heterocycles. The maximum Gasteiger partial charge on any atom is 0.124 e. The summed E-state index contributed by atoms with van der Waals surface area (Å²) in [6.45, 7) is 8.76. The number of nitrogens with zero attached hydrogens (tertiary/aromatic N) is 1. The van der Waals surface area contributed by atoms with Gasteiger partial charge in [0.25, 0.3) is 0 Å². The molecule has 4 heteroatoms. The van der Waals surface area contributed by atoms with Crippen LogP contribution in [0, 0.1) is 17.8 Å². The van der Waals surface area contributed by atoms with E-state index < -0.39 is 0 Å². The minimum atomic E-state index is 0.0139. The van der Waals surface area contributed by atoms with E-state index in [-0.39, 0.29) is 6.04 Å². The number of nitrogens with two attached hydrogens (primary N) is 1. The first-order valence-corrected chi connectivity index (χ1v) is 8.31. The number of ether oxygens (including phenoxy) is 1. The van der Waals surface area contributed by atoms with Crippen molar-refractivity contribution >= 4 is 11.6 Å². The molecule has 21 heavy (non-hydrogen) atoms. The van der Waals surface area contributed by atoms with Gasteiger partial charge < -0.3 is 15.4 Å². The molecule has 1 aromatic rings. The minimum Gasteiger partial charge on any atom is -0.493 e. The van der Waals surface area contributed by atoms with Gasteiger partial charge in [0, 0.05) is 42.2 Å². The molecule has 116 valence electrons. The van der Waals surface area contributed by atoms with E-state index in [1.165, 1.54) is 19.5 Å². The Morgan fingerprint density at radius 1 is 1.29 bits per heavy atom. The van der Waals surface area contributed by atoms with Gasteiger partial charge in [0.15, 0.2) is 0 Å². The van der Waals surface area contributed by atoms with Crippen molar-refractivity contribution in [3.63, 3.8) is 0 Å². The molecule has 0 spiro atoms. The molecule has 1 saturated heterocycles. The summed E-state index contributed by atoms with van der Waals surface area (Å²) >= 11 is 6.10. The van der Waals surface area contributed by atoms with Crippen molar-refractivity contribution in [3.8, 4) is 5.75 Å². The van der Waals surface area contributed by atoms with Gasteiger partial charge in [-0.05, 0) is 36.5 Å². The van der Waals surface area contributed by atoms with Gasteiger partial charge in [0.2, 0.25) is 0 Å². The predicted molar refractivity (Wildman–Crippen MR) is 86.8 cm³/mol. The maximum absolute atomic E-state index is 6.48. The Balaban J connectivity index is 1.70. The van der Waals surface area contributed by atoms with Gasteiger partial charge in [0.1, 0.15) is 5.75 Å². The van der Waals surface area contributed by atoms with E-state index in [0.717, 1.165) is 34.7 Å². The summed E-state index contributed by atoms with van der Waals surface area (Å²) in [6.07, 6.45) is 1.34. The van der Waals surface area contributed by atoms with Crippen LogP contribution >= 0.6 is 11.6 Å². The van der Waals surface area contributed by atoms with Gasteiger partial charge >= 0.3 is 0 Å². The topological polar surface area (TPSA) is 38.5 Å². The zero-order valence-electron chi connectivity index (χ0n) is 12.9. The summed E-state index contributed by atoms with van der Waals surface area (Å²) < 4.78 is 5.89. The van der Waals surface area contributed by atoms with Crippen molar-refractivity contribution in [1.82, 2.24) is 4.90 Å². The summed E-state index contributed by atoms with van der Waals surface area (Å²) in [7, 11) is 0. The van der Waals surface area contributed by atoms with Crippen LogP contribution in [-0.2, 0) is 0 Å². The normalized spacial score (nSPS) is 33.3. The van der Waals surface area contributed by atoms with E-state index in [1.54, 1.807) is 0 Å². The Morgan fingerprint density at radius 2 is 2.00 bits per heavy atom. The lowest BCUT2D eigenvalue weighted by atomic mass is 9.88. The molecular weight excluding hydrogens is 284 g/mol. The molecule has 1 fully saturated rings. The van der Waals surface area contributed by atoms with Gasteiger partial charge in [-0.25, -0.2) is 0 Å². The van der Waals surface area contributed by atoms with E-state index in [1.807, 2.05) is 18.2 Å². The van der Waals surface area contributed by atoms with Crippen LogP contribution in [0.4, 0.5) is 0 Å². The van der Waals surface area contributed by atoms with Crippen LogP contribution in [0.1, 0.15) is 31.9 Å². The minimum absolute atomic E-state index is 0.0139. The van der Waals surface area contributed by atoms with Gasteiger partial charge in [-0.1, -0.05) is 25.4 Å². The van der Waals surface area contributed by atoms with Crippen LogP contribution in [0.5, 0.6) is 5.75 Å². The first kappa shape index (κ1) is 15.1. The molecule has 2 N–H and O–H groups in total. The molecule has 0 radical (unpaired) electrons. The van der Waals surface area contributed by atoms with E-state index in [2.05, 4.69) is 18.7 Å². The SMILES string of the molecule is CC1CC(C)CN(CC2COc3ccc(Cl)cc3C2N)C1. The highest BCUT2D eigenvalue weighted by Crippen LogP contribution is 2.36. The second-order valence-electron chi connectivity index (χ2n) is 6.94. The van der Waals surface area contributed by atoms with Crippen molar-refractivity contribution in [3.05, 3.63) is 28.8 Å². The van der Waals surface area contributed by atoms with E-state index >= 15 is 0 Å². The van der Waals surface area contributed by atoms with Crippen LogP contribution in [0.3, 0.4) is 0 Å². The molecule has 0 aliphatic carbocycles. The molecule has 3 nitrogen and oxygen atoms in total. The van der Waals surface area contributed by atoms with Crippen LogP contribution in [0.25, 0.3) is 0 Å². The smallest absolute Gasteiger partial charge is 0.124 e. The average Bonchev–Trinajstić information content (AvgIpc) is 2.41. The molecule has 0 bridgehead atoms. The third kappa shape index (κ3) is 3.36. The van der Waals surface area contributed by atoms with Crippen LogP contribution in [-0.4, -0.2) is 31.1 Å². The molecular formula is C17H25ClN2O. The van der Waals surface area contributed by atoms with E-state index in [9.17, 15) is 0 Å². The third-order valence-electron chi connectivity index (χ3n) is 4.73. The Kier molecular flexibility index (Phi) is 4.43. The number of fused-ring (bicyclic) bond motifs is 1. The molecule has 0 saturated carbocycles. The highest BCUT2D eigenvalue weighted by atomic mass is 35.5. The van der Waals surface area contributed by atoms with Crippen molar-refractivity contribution in [2.45, 2.75) is 26.3 Å². The van der Waals surface area contributed by atoms with Crippen molar-refractivity contribution < 1.29 is 4.74 Å². The fourth-order valence-electron chi connectivity index (χ4n) is 3.90. The molecule has 2 aliphatic heterocycles. The zero-order chi connectivity index (χ0) is 15.0. The molecule has 4 atom stereocenters. The highest BCUT2D eigenvalue weighted by Gasteiger charge is 2.31. The predicted octanol–water partition coefficient (Wildman–Crippen LogP) is 3.33. The van der Waals surface area contributed by atoms with Gasteiger partial charge in [-0.2, -0.15) is 0 Å². The molecule has 3 rings (SSSR count). The number of hydrogen-bond donors (Lipinski definition) is 1. The van der Waals surface area contributed by atoms with Gasteiger partial charge in [0.05, 0.1) is 6.61 Å². The number of hydrogen-bond acceptors (Lipinski definition) is 3. The fourth-order valence-corrected chi connectivity index (χ4v) is 4.09. The van der Waals surface area contributed by atoms with Crippen molar-refractivity contribution in [1.29, 1.82) is 0 Å². The maximum atomic E-state index is 6.48. The quantitative estimate of drug-likeness (QED) is 0.911. The Bertz CT molecular complexity index is 498. The first-order chi connectivity index (χ1) is 10.0. The second kappa shape index (κ2) is 6.15. The molecule has 1 aromatic carbocycles. The Hall–Kier alpha value is -0.770. The van der Waals surface area contributed by atoms with Crippen LogP contribution in [0.2, 0.25) is 5.02 Å². The zero-order valence-corrected chi connectivity index (χ0v) is 13.6. The summed E-state index contributed by atoms with van der Waals surface area (Å²) in [6, 6.07) is 5.76. The van der Waals surface area contributed by atoms with Crippen LogP contribution in [0.15, 0.2) is 18.2 Å². The van der Waals surface area contributed by atoms with E-state index in [4.69, 9.17) is 22.1 Å². The number of halogens is 1. The monoisotopic (exact) mass is 308 g/mol. The fraction of sp³-hybridized carbons (Fsp3) is 0.647. The standard InChI is InChI=1S/C17H25ClN2O/c1-11-5-12(2)8-20(7-11)9-13-10-21-16-4-3-14(18)6-15(16)17(13)19/h3-4,6,11-13,17H,5,7-10,19H2,1-2H3. The molecule has 0 amide bonds. The lowest BCUT2D eigenvalue weighted by Gasteiger charge is -2.39. The highest BCUT2D eigenvalue weighted by molar-refractivity contribution is 6.30. The summed E-state index contributed by atoms with van der Waals surface area (Å²) in [5.74, 6) is 2.78. The third-order valence-corrected chi connectivity index (χ3v) is 4.96. The van der Waals surface area contributed by atoms with E-state index in [0.29, 0.717) is 12.5 Å². The first-order valence-electron chi connectivity index (χ1n) is 7.93. The lowest BCUT2D eigenvalue weighted by molar-refractivity contribution is 0.0883. The Labute approximate surface area is 132 Å². The number of rotatable bonds is 2. The van der Waals surface area contributed by atoms with Crippen molar-refractivity contribution in [2.75, 3.05) is 26.2 Å². The summed E-state index contributed by atoms with van der Waals surface area (Å²) in [4.78, 5) is 2.56. The van der Waals surface area contributed by atoms with Gasteiger partial charge in [-0.15, -0.1) is 0 Å². The molecule has 4 unspecified atom stereocenters. The van der Waals surface area contributed by atoms with Crippen molar-refractivity contribution in [2.24, 2.45) is 23.5 Å². The van der Waals surface area contributed by atoms with Gasteiger partial charge in [-0.3, -0.25) is 0 Å². The number of piperidine rings is 1. The number of likely N-dealkylation sites (tertiary alicyclic amines) is 1. The summed E-state index contributed by atoms with van der Waals surface area (Å²) in [5.41, 5.74) is 7.53. The van der Waals surface area contributed by atoms with Crippen LogP contribution < -0.4 is 10.5 Å². The lowest BCUT2D eigenvalue weighted by Crippen LogP contribution is -2.45. The summed E-state index contributed by atoms with van der Waals surface area (Å²) in [5, 5.41) is 0.730. The molecule has 2 aliphatic rings. The second-order valence-corrected chi connectivity index (χ2v) is 7.38. The largest absolute Gasteiger partial charge is 0.493 e.